The topological polar surface area (TPSA) is 0 Å². The van der Waals surface area contributed by atoms with Gasteiger partial charge in [0.25, 0.3) is 0 Å². The number of hydrogen-bond acceptors (Lipinski definition) is 0. The van der Waals surface area contributed by atoms with Gasteiger partial charge in [0.15, 0.2) is 0 Å². The predicted molar refractivity (Wildman–Crippen MR) is 89.9 cm³/mol. The zero-order chi connectivity index (χ0) is 14.5. The predicted octanol–water partition coefficient (Wildman–Crippen LogP) is 5.11. The summed E-state index contributed by atoms with van der Waals surface area (Å²) in [5.41, 5.74) is 1.96. The molecular formula is C18H18Cl2. The van der Waals surface area contributed by atoms with Crippen LogP contribution in [0, 0.1) is 23.7 Å². The second-order valence-electron chi connectivity index (χ2n) is 4.16. The summed E-state index contributed by atoms with van der Waals surface area (Å²) in [6.45, 7) is 0. The highest BCUT2D eigenvalue weighted by Crippen LogP contribution is 2.06. The van der Waals surface area contributed by atoms with Crippen LogP contribution in [0.4, 0.5) is 0 Å². The Morgan fingerprint density at radius 2 is 1.45 bits per heavy atom. The maximum atomic E-state index is 5.64. The van der Waals surface area contributed by atoms with Crippen molar-refractivity contribution in [2.45, 2.75) is 25.7 Å². The van der Waals surface area contributed by atoms with Crippen molar-refractivity contribution in [2.24, 2.45) is 0 Å². The van der Waals surface area contributed by atoms with Crippen molar-refractivity contribution in [1.29, 1.82) is 0 Å². The summed E-state index contributed by atoms with van der Waals surface area (Å²) >= 11 is 11.3. The molecule has 0 N–H and O–H groups in total. The Hall–Kier alpha value is -1.34. The van der Waals surface area contributed by atoms with Crippen LogP contribution in [0.1, 0.15) is 31.2 Å². The van der Waals surface area contributed by atoms with Gasteiger partial charge in [-0.1, -0.05) is 54.0 Å². The van der Waals surface area contributed by atoms with Crippen LogP contribution in [0.3, 0.4) is 0 Å². The first-order valence-electron chi connectivity index (χ1n) is 6.73. The molecule has 1 aromatic rings. The second-order valence-corrected chi connectivity index (χ2v) is 4.91. The lowest BCUT2D eigenvalue weighted by Gasteiger charge is -1.93. The average Bonchev–Trinajstić information content (AvgIpc) is 2.49. The van der Waals surface area contributed by atoms with Gasteiger partial charge in [0.05, 0.1) is 5.57 Å². The Balaban J connectivity index is 2.79. The fourth-order valence-electron chi connectivity index (χ4n) is 1.45. The normalized spacial score (nSPS) is 8.90. The van der Waals surface area contributed by atoms with Gasteiger partial charge in [-0.2, -0.15) is 0 Å². The van der Waals surface area contributed by atoms with E-state index in [0.29, 0.717) is 11.8 Å². The van der Waals surface area contributed by atoms with E-state index in [1.165, 1.54) is 0 Å². The van der Waals surface area contributed by atoms with E-state index in [0.717, 1.165) is 36.8 Å². The first kappa shape index (κ1) is 16.7. The van der Waals surface area contributed by atoms with Crippen molar-refractivity contribution in [1.82, 2.24) is 0 Å². The molecule has 0 saturated heterocycles. The van der Waals surface area contributed by atoms with Crippen LogP contribution in [0.5, 0.6) is 0 Å². The van der Waals surface area contributed by atoms with E-state index in [1.54, 1.807) is 0 Å². The van der Waals surface area contributed by atoms with Gasteiger partial charge >= 0.3 is 0 Å². The monoisotopic (exact) mass is 304 g/mol. The standard InChI is InChI=1S/C18H18Cl2/c19-14-8-2-6-12-18(13-7-3-9-15-20)16-17-10-4-1-5-11-17/h1,4-5,10-11,16H,2-3,8-9,14-15H2. The van der Waals surface area contributed by atoms with E-state index in [4.69, 9.17) is 23.2 Å². The molecule has 0 aliphatic carbocycles. The van der Waals surface area contributed by atoms with Gasteiger partial charge < -0.3 is 0 Å². The van der Waals surface area contributed by atoms with Crippen molar-refractivity contribution >= 4 is 29.3 Å². The molecular weight excluding hydrogens is 287 g/mol. The molecule has 0 amide bonds. The summed E-state index contributed by atoms with van der Waals surface area (Å²) in [4.78, 5) is 0. The second kappa shape index (κ2) is 11.5. The van der Waals surface area contributed by atoms with Gasteiger partial charge in [-0.15, -0.1) is 23.2 Å². The Morgan fingerprint density at radius 3 is 1.95 bits per heavy atom. The largest absolute Gasteiger partial charge is 0.127 e. The van der Waals surface area contributed by atoms with E-state index >= 15 is 0 Å². The van der Waals surface area contributed by atoms with E-state index in [9.17, 15) is 0 Å². The molecule has 0 radical (unpaired) electrons. The quantitative estimate of drug-likeness (QED) is 0.402. The summed E-state index contributed by atoms with van der Waals surface area (Å²) in [6.07, 6.45) is 5.44. The van der Waals surface area contributed by atoms with Gasteiger partial charge in [0.2, 0.25) is 0 Å². The molecule has 0 aliphatic heterocycles. The molecule has 20 heavy (non-hydrogen) atoms. The fourth-order valence-corrected chi connectivity index (χ4v) is 1.71. The Morgan fingerprint density at radius 1 is 0.900 bits per heavy atom. The number of unbranched alkanes of at least 4 members (excludes halogenated alkanes) is 2. The SMILES string of the molecule is ClCCCC#CC(C#CCCCCl)=Cc1ccccc1. The zero-order valence-corrected chi connectivity index (χ0v) is 13.0. The summed E-state index contributed by atoms with van der Waals surface area (Å²) in [7, 11) is 0. The molecule has 1 rings (SSSR count). The lowest BCUT2D eigenvalue weighted by molar-refractivity contribution is 0.990. The van der Waals surface area contributed by atoms with Crippen LogP contribution >= 0.6 is 23.2 Å². The molecule has 0 spiro atoms. The first-order valence-corrected chi connectivity index (χ1v) is 7.80. The number of alkyl halides is 2. The van der Waals surface area contributed by atoms with Crippen LogP contribution in [0.15, 0.2) is 35.9 Å². The molecule has 0 saturated carbocycles. The number of hydrogen-bond donors (Lipinski definition) is 0. The minimum atomic E-state index is 0.647. The smallest absolute Gasteiger partial charge is 0.0749 e. The fraction of sp³-hybridized carbons (Fsp3) is 0.333. The van der Waals surface area contributed by atoms with Gasteiger partial charge in [0.1, 0.15) is 0 Å². The van der Waals surface area contributed by atoms with Crippen LogP contribution < -0.4 is 0 Å². The summed E-state index contributed by atoms with van der Waals surface area (Å²) in [5.74, 6) is 13.8. The maximum Gasteiger partial charge on any atom is 0.0749 e. The van der Waals surface area contributed by atoms with Crippen molar-refractivity contribution in [2.75, 3.05) is 11.8 Å². The lowest BCUT2D eigenvalue weighted by Crippen LogP contribution is -1.79. The van der Waals surface area contributed by atoms with E-state index < -0.39 is 0 Å². The third-order valence-corrected chi connectivity index (χ3v) is 2.96. The molecule has 0 heterocycles. The molecule has 0 bridgehead atoms. The zero-order valence-electron chi connectivity index (χ0n) is 11.5. The third-order valence-electron chi connectivity index (χ3n) is 2.43. The maximum absolute atomic E-state index is 5.64. The Kier molecular flexibility index (Phi) is 9.60. The van der Waals surface area contributed by atoms with Gasteiger partial charge in [-0.05, 0) is 24.5 Å². The minimum absolute atomic E-state index is 0.647. The number of benzene rings is 1. The summed E-state index contributed by atoms with van der Waals surface area (Å²) < 4.78 is 0. The van der Waals surface area contributed by atoms with Crippen LogP contribution in [-0.4, -0.2) is 11.8 Å². The molecule has 0 aliphatic rings. The number of rotatable bonds is 5. The van der Waals surface area contributed by atoms with Gasteiger partial charge in [-0.25, -0.2) is 0 Å². The molecule has 0 aromatic heterocycles. The van der Waals surface area contributed by atoms with Crippen molar-refractivity contribution in [3.63, 3.8) is 0 Å². The van der Waals surface area contributed by atoms with E-state index in [2.05, 4.69) is 23.7 Å². The molecule has 0 atom stereocenters. The Labute approximate surface area is 132 Å². The third kappa shape index (κ3) is 7.96. The van der Waals surface area contributed by atoms with E-state index in [-0.39, 0.29) is 0 Å². The van der Waals surface area contributed by atoms with Crippen LogP contribution in [0.25, 0.3) is 6.08 Å². The molecule has 1 aromatic carbocycles. The Bertz CT molecular complexity index is 493. The first-order chi connectivity index (χ1) is 9.86. The minimum Gasteiger partial charge on any atom is -0.127 e. The summed E-state index contributed by atoms with van der Waals surface area (Å²) in [6, 6.07) is 10.1. The van der Waals surface area contributed by atoms with Crippen molar-refractivity contribution in [3.05, 3.63) is 41.5 Å². The average molecular weight is 305 g/mol. The van der Waals surface area contributed by atoms with Crippen LogP contribution in [-0.2, 0) is 0 Å². The number of halogens is 2. The summed E-state index contributed by atoms with van der Waals surface area (Å²) in [5, 5.41) is 0. The highest BCUT2D eigenvalue weighted by molar-refractivity contribution is 6.18. The molecule has 0 fully saturated rings. The van der Waals surface area contributed by atoms with Crippen LogP contribution in [0.2, 0.25) is 0 Å². The lowest BCUT2D eigenvalue weighted by atomic mass is 10.1. The molecule has 2 heteroatoms. The molecule has 104 valence electrons. The number of allylic oxidation sites excluding steroid dienone is 1. The highest BCUT2D eigenvalue weighted by Gasteiger charge is 1.90. The van der Waals surface area contributed by atoms with Crippen molar-refractivity contribution in [3.8, 4) is 23.7 Å². The van der Waals surface area contributed by atoms with E-state index in [1.807, 2.05) is 36.4 Å². The van der Waals surface area contributed by atoms with Gasteiger partial charge in [0, 0.05) is 24.6 Å². The van der Waals surface area contributed by atoms with Crippen molar-refractivity contribution < 1.29 is 0 Å². The highest BCUT2D eigenvalue weighted by atomic mass is 35.5. The molecule has 0 unspecified atom stereocenters. The van der Waals surface area contributed by atoms with Gasteiger partial charge in [-0.3, -0.25) is 0 Å². The molecule has 0 nitrogen and oxygen atoms in total.